The number of aromatic carboxylic acids is 1. The van der Waals surface area contributed by atoms with Crippen LogP contribution < -0.4 is 0 Å². The summed E-state index contributed by atoms with van der Waals surface area (Å²) in [6.07, 6.45) is 1.64. The second-order valence-corrected chi connectivity index (χ2v) is 8.32. The van der Waals surface area contributed by atoms with Crippen molar-refractivity contribution in [1.82, 2.24) is 4.90 Å². The summed E-state index contributed by atoms with van der Waals surface area (Å²) in [5.41, 5.74) is 1.37. The van der Waals surface area contributed by atoms with Gasteiger partial charge in [0.25, 0.3) is 5.91 Å². The third kappa shape index (κ3) is 4.39. The van der Waals surface area contributed by atoms with Crippen molar-refractivity contribution in [2.45, 2.75) is 0 Å². The summed E-state index contributed by atoms with van der Waals surface area (Å²) in [4.78, 5) is 29.9. The van der Waals surface area contributed by atoms with E-state index in [-0.39, 0.29) is 11.5 Å². The van der Waals surface area contributed by atoms with Crippen molar-refractivity contribution in [3.05, 3.63) is 80.9 Å². The van der Waals surface area contributed by atoms with Gasteiger partial charge in [0.2, 0.25) is 0 Å². The Hall–Kier alpha value is -3.00. The summed E-state index contributed by atoms with van der Waals surface area (Å²) in [6, 6.07) is 14.9. The molecule has 1 aliphatic heterocycles. The maximum atomic E-state index is 12.6. The molecule has 1 aromatic heterocycles. The lowest BCUT2D eigenvalue weighted by Gasteiger charge is -2.07. The number of amides is 1. The molecule has 1 N–H and O–H groups in total. The molecule has 0 saturated carbocycles. The zero-order valence-corrected chi connectivity index (χ0v) is 18.3. The molecule has 1 fully saturated rings. The number of furan rings is 1. The molecule has 1 saturated heterocycles. The summed E-state index contributed by atoms with van der Waals surface area (Å²) in [5, 5.41) is 10.3. The van der Waals surface area contributed by atoms with Crippen LogP contribution in [0.4, 0.5) is 5.69 Å². The van der Waals surface area contributed by atoms with Crippen molar-refractivity contribution in [2.24, 2.45) is 4.99 Å². The minimum absolute atomic E-state index is 0.168. The van der Waals surface area contributed by atoms with Gasteiger partial charge in [0, 0.05) is 18.7 Å². The van der Waals surface area contributed by atoms with Crippen molar-refractivity contribution in [2.75, 3.05) is 7.05 Å². The van der Waals surface area contributed by atoms with Crippen molar-refractivity contribution in [3.8, 4) is 11.3 Å². The molecule has 0 atom stereocenters. The standard InChI is InChI=1S/C22H14Cl2N2O4S/c1-26-20(27)18(31-22(26)25-13-7-5-12(6-8-13)21(28)29)11-14-9-10-17(30-14)15-3-2-4-16(23)19(15)24/h2-11H,1H3,(H,28,29)/b18-11-,25-22?. The molecule has 0 radical (unpaired) electrons. The molecule has 2 heterocycles. The van der Waals surface area contributed by atoms with Gasteiger partial charge in [-0.1, -0.05) is 29.3 Å². The normalized spacial score (nSPS) is 16.5. The molecule has 1 aliphatic rings. The van der Waals surface area contributed by atoms with Crippen LogP contribution in [0.25, 0.3) is 17.4 Å². The van der Waals surface area contributed by atoms with E-state index in [1.807, 2.05) is 0 Å². The fraction of sp³-hybridized carbons (Fsp3) is 0.0455. The lowest BCUT2D eigenvalue weighted by molar-refractivity contribution is -0.121. The van der Waals surface area contributed by atoms with E-state index in [4.69, 9.17) is 32.7 Å². The Bertz CT molecular complexity index is 1250. The maximum Gasteiger partial charge on any atom is 0.335 e. The van der Waals surface area contributed by atoms with Gasteiger partial charge in [0.15, 0.2) is 5.17 Å². The number of halogens is 2. The lowest BCUT2D eigenvalue weighted by atomic mass is 10.2. The highest BCUT2D eigenvalue weighted by molar-refractivity contribution is 8.18. The van der Waals surface area contributed by atoms with E-state index in [0.717, 1.165) is 0 Å². The highest BCUT2D eigenvalue weighted by atomic mass is 35.5. The number of rotatable bonds is 4. The van der Waals surface area contributed by atoms with E-state index < -0.39 is 5.97 Å². The molecular weight excluding hydrogens is 459 g/mol. The Morgan fingerprint density at radius 1 is 1.13 bits per heavy atom. The van der Waals surface area contributed by atoms with Crippen molar-refractivity contribution < 1.29 is 19.1 Å². The zero-order chi connectivity index (χ0) is 22.1. The molecule has 6 nitrogen and oxygen atoms in total. The highest BCUT2D eigenvalue weighted by Gasteiger charge is 2.30. The summed E-state index contributed by atoms with van der Waals surface area (Å²) >= 11 is 13.5. The second-order valence-electron chi connectivity index (χ2n) is 6.52. The number of carboxylic acid groups (broad SMARTS) is 1. The monoisotopic (exact) mass is 472 g/mol. The number of carboxylic acids is 1. The highest BCUT2D eigenvalue weighted by Crippen LogP contribution is 2.36. The topological polar surface area (TPSA) is 83.1 Å². The second kappa shape index (κ2) is 8.63. The van der Waals surface area contributed by atoms with Gasteiger partial charge in [-0.25, -0.2) is 9.79 Å². The Morgan fingerprint density at radius 3 is 2.58 bits per heavy atom. The van der Waals surface area contributed by atoms with Crippen molar-refractivity contribution >= 4 is 63.8 Å². The number of carbonyl (C=O) groups is 2. The predicted octanol–water partition coefficient (Wildman–Crippen LogP) is 6.19. The van der Waals surface area contributed by atoms with Crippen LogP contribution >= 0.6 is 35.0 Å². The predicted molar refractivity (Wildman–Crippen MR) is 123 cm³/mol. The number of thioether (sulfide) groups is 1. The van der Waals surface area contributed by atoms with Crippen LogP contribution in [0.3, 0.4) is 0 Å². The van der Waals surface area contributed by atoms with Crippen LogP contribution in [0, 0.1) is 0 Å². The number of nitrogens with zero attached hydrogens (tertiary/aromatic N) is 2. The molecule has 156 valence electrons. The summed E-state index contributed by atoms with van der Waals surface area (Å²) in [7, 11) is 1.62. The molecule has 0 spiro atoms. The van der Waals surface area contributed by atoms with Crippen LogP contribution in [-0.2, 0) is 4.79 Å². The maximum absolute atomic E-state index is 12.6. The number of hydrogen-bond donors (Lipinski definition) is 1. The minimum Gasteiger partial charge on any atom is -0.478 e. The van der Waals surface area contributed by atoms with Crippen LogP contribution in [-0.4, -0.2) is 34.1 Å². The van der Waals surface area contributed by atoms with Gasteiger partial charge in [0.05, 0.1) is 26.2 Å². The van der Waals surface area contributed by atoms with E-state index in [9.17, 15) is 9.59 Å². The minimum atomic E-state index is -1.01. The first kappa shape index (κ1) is 21.2. The van der Waals surface area contributed by atoms with Crippen LogP contribution in [0.5, 0.6) is 0 Å². The van der Waals surface area contributed by atoms with Crippen LogP contribution in [0.15, 0.2) is 68.9 Å². The number of benzene rings is 2. The Labute approximate surface area is 191 Å². The first-order valence-corrected chi connectivity index (χ1v) is 10.5. The SMILES string of the molecule is CN1C(=O)/C(=C/c2ccc(-c3cccc(Cl)c3Cl)o2)SC1=Nc1ccc(C(=O)O)cc1. The van der Waals surface area contributed by atoms with Gasteiger partial charge in [-0.2, -0.15) is 0 Å². The average molecular weight is 473 g/mol. The summed E-state index contributed by atoms with van der Waals surface area (Å²) < 4.78 is 5.84. The molecule has 2 aromatic carbocycles. The average Bonchev–Trinajstić information content (AvgIpc) is 3.31. The number of aliphatic imine (C=N–C) groups is 1. The van der Waals surface area contributed by atoms with Gasteiger partial charge in [-0.05, 0) is 60.3 Å². The number of likely N-dealkylation sites (N-methyl/N-ethyl adjacent to an activating group) is 1. The van der Waals surface area contributed by atoms with E-state index in [1.165, 1.54) is 28.8 Å². The van der Waals surface area contributed by atoms with E-state index >= 15 is 0 Å². The fourth-order valence-electron chi connectivity index (χ4n) is 2.84. The third-order valence-electron chi connectivity index (χ3n) is 4.46. The summed E-state index contributed by atoms with van der Waals surface area (Å²) in [5.74, 6) is -0.202. The van der Waals surface area contributed by atoms with Gasteiger partial charge >= 0.3 is 5.97 Å². The first-order chi connectivity index (χ1) is 14.8. The number of amidine groups is 1. The molecule has 0 aliphatic carbocycles. The Kier molecular flexibility index (Phi) is 5.91. The fourth-order valence-corrected chi connectivity index (χ4v) is 4.20. The molecular formula is C22H14Cl2N2O4S. The van der Waals surface area contributed by atoms with Crippen LogP contribution in [0.1, 0.15) is 16.1 Å². The third-order valence-corrected chi connectivity index (χ3v) is 6.34. The first-order valence-electron chi connectivity index (χ1n) is 8.97. The molecule has 0 unspecified atom stereocenters. The van der Waals surface area contributed by atoms with E-state index in [1.54, 1.807) is 55.6 Å². The number of carbonyl (C=O) groups excluding carboxylic acids is 1. The van der Waals surface area contributed by atoms with Gasteiger partial charge in [-0.15, -0.1) is 0 Å². The van der Waals surface area contributed by atoms with Gasteiger partial charge in [0.1, 0.15) is 11.5 Å². The van der Waals surface area contributed by atoms with Crippen molar-refractivity contribution in [1.29, 1.82) is 0 Å². The van der Waals surface area contributed by atoms with E-state index in [0.29, 0.717) is 42.9 Å². The van der Waals surface area contributed by atoms with E-state index in [2.05, 4.69) is 4.99 Å². The smallest absolute Gasteiger partial charge is 0.335 e. The molecule has 1 amide bonds. The zero-order valence-electron chi connectivity index (χ0n) is 16.0. The summed E-state index contributed by atoms with van der Waals surface area (Å²) in [6.45, 7) is 0. The van der Waals surface area contributed by atoms with Crippen molar-refractivity contribution in [3.63, 3.8) is 0 Å². The largest absolute Gasteiger partial charge is 0.478 e. The molecule has 31 heavy (non-hydrogen) atoms. The molecule has 4 rings (SSSR count). The quantitative estimate of drug-likeness (QED) is 0.457. The Morgan fingerprint density at radius 2 is 1.87 bits per heavy atom. The molecule has 0 bridgehead atoms. The van der Waals surface area contributed by atoms with Gasteiger partial charge < -0.3 is 9.52 Å². The Balaban J connectivity index is 1.58. The number of hydrogen-bond acceptors (Lipinski definition) is 5. The van der Waals surface area contributed by atoms with Crippen LogP contribution in [0.2, 0.25) is 10.0 Å². The van der Waals surface area contributed by atoms with Gasteiger partial charge in [-0.3, -0.25) is 9.69 Å². The lowest BCUT2D eigenvalue weighted by Crippen LogP contribution is -2.23. The molecule has 3 aromatic rings. The molecule has 9 heteroatoms.